The lowest BCUT2D eigenvalue weighted by molar-refractivity contribution is -0.0155. The molecule has 1 saturated heterocycles. The van der Waals surface area contributed by atoms with Crippen molar-refractivity contribution in [1.29, 1.82) is 0 Å². The summed E-state index contributed by atoms with van der Waals surface area (Å²) in [7, 11) is 3.27. The van der Waals surface area contributed by atoms with Crippen molar-refractivity contribution in [3.8, 4) is 11.5 Å². The molecule has 2 aliphatic rings. The molecule has 0 aliphatic carbocycles. The largest absolute Gasteiger partial charge is 0.497 e. The number of fused-ring (bicyclic) bond motifs is 2. The lowest BCUT2D eigenvalue weighted by atomic mass is 9.93. The van der Waals surface area contributed by atoms with Gasteiger partial charge in [0.15, 0.2) is 0 Å². The van der Waals surface area contributed by atoms with Crippen molar-refractivity contribution < 1.29 is 23.4 Å². The number of benzene rings is 2. The average Bonchev–Trinajstić information content (AvgIpc) is 2.87. The third kappa shape index (κ3) is 5.70. The molecule has 184 valence electrons. The van der Waals surface area contributed by atoms with Gasteiger partial charge in [-0.1, -0.05) is 24.6 Å². The van der Waals surface area contributed by atoms with Gasteiger partial charge in [-0.25, -0.2) is 4.39 Å². The van der Waals surface area contributed by atoms with Gasteiger partial charge in [0.05, 0.1) is 24.8 Å². The minimum Gasteiger partial charge on any atom is -0.497 e. The molecule has 2 aromatic rings. The van der Waals surface area contributed by atoms with Gasteiger partial charge in [-0.05, 0) is 50.4 Å². The van der Waals surface area contributed by atoms with Crippen molar-refractivity contribution in [3.63, 3.8) is 0 Å². The highest BCUT2D eigenvalue weighted by Gasteiger charge is 2.35. The molecule has 0 aromatic heterocycles. The van der Waals surface area contributed by atoms with E-state index in [0.29, 0.717) is 42.3 Å². The van der Waals surface area contributed by atoms with E-state index in [1.54, 1.807) is 19.2 Å². The Hall–Kier alpha value is -2.64. The zero-order valence-corrected chi connectivity index (χ0v) is 20.2. The summed E-state index contributed by atoms with van der Waals surface area (Å²) in [6, 6.07) is 12.5. The second-order valence-electron chi connectivity index (χ2n) is 9.06. The Labute approximate surface area is 201 Å². The van der Waals surface area contributed by atoms with Crippen LogP contribution in [0.1, 0.15) is 48.0 Å². The van der Waals surface area contributed by atoms with Gasteiger partial charge in [0.2, 0.25) is 0 Å². The Morgan fingerprint density at radius 3 is 2.68 bits per heavy atom. The predicted molar refractivity (Wildman–Crippen MR) is 129 cm³/mol. The zero-order chi connectivity index (χ0) is 23.9. The SMILES string of the molecule is COc1ccc(CN2CCCC[C@H]3[C@@H](OC)CCCN3C(=O)c3ccccc3OCC2)c(F)c1. The van der Waals surface area contributed by atoms with Crippen LogP contribution in [-0.4, -0.2) is 68.3 Å². The van der Waals surface area contributed by atoms with Crippen LogP contribution in [0.3, 0.4) is 0 Å². The summed E-state index contributed by atoms with van der Waals surface area (Å²) in [5, 5.41) is 0. The van der Waals surface area contributed by atoms with E-state index in [0.717, 1.165) is 45.2 Å². The van der Waals surface area contributed by atoms with Crippen molar-refractivity contribution in [3.05, 3.63) is 59.4 Å². The normalized spacial score (nSPS) is 22.4. The number of piperidine rings is 1. The maximum atomic E-state index is 14.6. The van der Waals surface area contributed by atoms with E-state index in [2.05, 4.69) is 4.90 Å². The number of hydrogen-bond acceptors (Lipinski definition) is 5. The number of rotatable bonds is 4. The topological polar surface area (TPSA) is 51.2 Å². The number of para-hydroxylation sites is 1. The van der Waals surface area contributed by atoms with E-state index >= 15 is 0 Å². The Morgan fingerprint density at radius 2 is 1.88 bits per heavy atom. The van der Waals surface area contributed by atoms with Crippen molar-refractivity contribution in [2.24, 2.45) is 0 Å². The molecular weight excluding hydrogens is 435 g/mol. The summed E-state index contributed by atoms with van der Waals surface area (Å²) >= 11 is 0. The van der Waals surface area contributed by atoms with Crippen LogP contribution in [0.4, 0.5) is 4.39 Å². The molecule has 7 heteroatoms. The second kappa shape index (κ2) is 11.7. The molecule has 2 atom stereocenters. The van der Waals surface area contributed by atoms with Crippen LogP contribution >= 0.6 is 0 Å². The molecule has 34 heavy (non-hydrogen) atoms. The summed E-state index contributed by atoms with van der Waals surface area (Å²) in [4.78, 5) is 17.8. The third-order valence-corrected chi connectivity index (χ3v) is 6.94. The van der Waals surface area contributed by atoms with Crippen LogP contribution in [0.2, 0.25) is 0 Å². The molecule has 0 radical (unpaired) electrons. The number of ether oxygens (including phenoxy) is 3. The molecular formula is C27H35FN2O4. The van der Waals surface area contributed by atoms with Gasteiger partial charge < -0.3 is 19.1 Å². The van der Waals surface area contributed by atoms with Crippen LogP contribution in [0.15, 0.2) is 42.5 Å². The van der Waals surface area contributed by atoms with Crippen LogP contribution in [0.25, 0.3) is 0 Å². The molecule has 2 aromatic carbocycles. The van der Waals surface area contributed by atoms with Gasteiger partial charge >= 0.3 is 0 Å². The quantitative estimate of drug-likeness (QED) is 0.658. The minimum absolute atomic E-state index is 0.0127. The number of carbonyl (C=O) groups excluding carboxylic acids is 1. The second-order valence-corrected chi connectivity index (χ2v) is 9.06. The third-order valence-electron chi connectivity index (χ3n) is 6.94. The first-order valence-corrected chi connectivity index (χ1v) is 12.2. The molecule has 0 bridgehead atoms. The highest BCUT2D eigenvalue weighted by Crippen LogP contribution is 2.29. The molecule has 4 rings (SSSR count). The van der Waals surface area contributed by atoms with Gasteiger partial charge in [-0.15, -0.1) is 0 Å². The summed E-state index contributed by atoms with van der Waals surface area (Å²) in [6.07, 6.45) is 4.76. The zero-order valence-electron chi connectivity index (χ0n) is 20.2. The lowest BCUT2D eigenvalue weighted by Crippen LogP contribution is -2.51. The smallest absolute Gasteiger partial charge is 0.257 e. The molecule has 2 heterocycles. The molecule has 2 aliphatic heterocycles. The van der Waals surface area contributed by atoms with Crippen molar-refractivity contribution >= 4 is 5.91 Å². The van der Waals surface area contributed by atoms with E-state index in [4.69, 9.17) is 14.2 Å². The maximum absolute atomic E-state index is 14.6. The van der Waals surface area contributed by atoms with Crippen molar-refractivity contribution in [1.82, 2.24) is 9.80 Å². The van der Waals surface area contributed by atoms with Crippen molar-refractivity contribution in [2.75, 3.05) is 40.5 Å². The fraction of sp³-hybridized carbons (Fsp3) is 0.519. The van der Waals surface area contributed by atoms with Crippen LogP contribution in [0, 0.1) is 5.82 Å². The Bertz CT molecular complexity index is 969. The molecule has 1 fully saturated rings. The number of hydrogen-bond donors (Lipinski definition) is 0. The monoisotopic (exact) mass is 470 g/mol. The molecule has 0 spiro atoms. The van der Waals surface area contributed by atoms with Gasteiger partial charge in [0.25, 0.3) is 5.91 Å². The van der Waals surface area contributed by atoms with Crippen molar-refractivity contribution in [2.45, 2.75) is 50.8 Å². The van der Waals surface area contributed by atoms with Gasteiger partial charge in [0, 0.05) is 38.4 Å². The molecule has 1 amide bonds. The first kappa shape index (κ1) is 24.5. The maximum Gasteiger partial charge on any atom is 0.257 e. The van der Waals surface area contributed by atoms with Crippen LogP contribution in [-0.2, 0) is 11.3 Å². The number of methoxy groups -OCH3 is 2. The van der Waals surface area contributed by atoms with Crippen LogP contribution < -0.4 is 9.47 Å². The van der Waals surface area contributed by atoms with Gasteiger partial charge in [0.1, 0.15) is 23.9 Å². The highest BCUT2D eigenvalue weighted by molar-refractivity contribution is 5.97. The Kier molecular flexibility index (Phi) is 8.40. The first-order valence-electron chi connectivity index (χ1n) is 12.2. The molecule has 0 saturated carbocycles. The Balaban J connectivity index is 1.55. The van der Waals surface area contributed by atoms with Crippen LogP contribution in [0.5, 0.6) is 11.5 Å². The molecule has 0 N–H and O–H groups in total. The predicted octanol–water partition coefficient (Wildman–Crippen LogP) is 4.52. The summed E-state index contributed by atoms with van der Waals surface area (Å²) in [6.45, 7) is 3.12. The number of halogens is 1. The minimum atomic E-state index is -0.264. The van der Waals surface area contributed by atoms with E-state index in [9.17, 15) is 9.18 Å². The Morgan fingerprint density at radius 1 is 1.03 bits per heavy atom. The first-order chi connectivity index (χ1) is 16.6. The van der Waals surface area contributed by atoms with E-state index < -0.39 is 0 Å². The molecule has 6 nitrogen and oxygen atoms in total. The summed E-state index contributed by atoms with van der Waals surface area (Å²) in [5.41, 5.74) is 1.23. The summed E-state index contributed by atoms with van der Waals surface area (Å²) < 4.78 is 31.6. The van der Waals surface area contributed by atoms with E-state index in [1.165, 1.54) is 13.2 Å². The fourth-order valence-electron chi connectivity index (χ4n) is 5.08. The van der Waals surface area contributed by atoms with E-state index in [-0.39, 0.29) is 23.9 Å². The molecule has 0 unspecified atom stereocenters. The standard InChI is InChI=1S/C27H35FN2O4/c1-32-21-13-12-20(23(28)18-21)19-29-14-6-5-9-24-26(33-2)11-7-15-30(24)27(31)22-8-3-4-10-25(22)34-17-16-29/h3-4,8,10,12-13,18,24,26H,5-7,9,11,14-17,19H2,1-2H3/t24-,26-/m0/s1. The fourth-order valence-corrected chi connectivity index (χ4v) is 5.08. The average molecular weight is 471 g/mol. The summed E-state index contributed by atoms with van der Waals surface area (Å²) in [5.74, 6) is 0.861. The number of nitrogens with zero attached hydrogens (tertiary/aromatic N) is 2. The van der Waals surface area contributed by atoms with E-state index in [1.807, 2.05) is 29.2 Å². The number of carbonyl (C=O) groups is 1. The number of amides is 1. The lowest BCUT2D eigenvalue weighted by Gasteiger charge is -2.41. The van der Waals surface area contributed by atoms with Gasteiger partial charge in [-0.2, -0.15) is 0 Å². The highest BCUT2D eigenvalue weighted by atomic mass is 19.1. The van der Waals surface area contributed by atoms with Gasteiger partial charge in [-0.3, -0.25) is 9.69 Å².